The number of carboxylic acid groups (broad SMARTS) is 2. The number of ketones is 1. The molecule has 7 nitrogen and oxygen atoms in total. The summed E-state index contributed by atoms with van der Waals surface area (Å²) in [5.41, 5.74) is -0.0348. The van der Waals surface area contributed by atoms with Gasteiger partial charge in [0.05, 0.1) is 18.1 Å². The smallest absolute Gasteiger partial charge is 0.409 e. The molecule has 1 saturated heterocycles. The topological polar surface area (TPSA) is 104 Å². The van der Waals surface area contributed by atoms with Crippen molar-refractivity contribution in [1.82, 2.24) is 4.90 Å². The Kier molecular flexibility index (Phi) is 5.74. The minimum atomic E-state index is -1.07. The van der Waals surface area contributed by atoms with E-state index < -0.39 is 35.9 Å². The van der Waals surface area contributed by atoms with Gasteiger partial charge in [0, 0.05) is 12.8 Å². The maximum atomic E-state index is 12.0. The summed E-state index contributed by atoms with van der Waals surface area (Å²) in [7, 11) is 0. The van der Waals surface area contributed by atoms with Gasteiger partial charge in [0.15, 0.2) is 0 Å². The number of amides is 1. The number of carbonyl (C=O) groups excluding carboxylic acids is 1. The summed E-state index contributed by atoms with van der Waals surface area (Å²) in [6.07, 6.45) is 0.127. The molecule has 0 bridgehead atoms. The monoisotopic (exact) mass is 389 g/mol. The van der Waals surface area contributed by atoms with E-state index in [2.05, 4.69) is 0 Å². The van der Waals surface area contributed by atoms with E-state index in [0.717, 1.165) is 5.56 Å². The van der Waals surface area contributed by atoms with Crippen molar-refractivity contribution < 1.29 is 29.3 Å². The zero-order chi connectivity index (χ0) is 20.5. The van der Waals surface area contributed by atoms with Crippen molar-refractivity contribution in [3.8, 4) is 0 Å². The van der Waals surface area contributed by atoms with E-state index in [1.165, 1.54) is 4.90 Å². The van der Waals surface area contributed by atoms with E-state index in [4.69, 9.17) is 4.74 Å². The molecular formula is C21H27NO6. The largest absolute Gasteiger partial charge is 0.481 e. The van der Waals surface area contributed by atoms with Gasteiger partial charge < -0.3 is 14.9 Å². The SMILES string of the molecule is CC1(C)OC(CC2CC(=O)CCC2C(=O)O)C(Cc2ccccc2)N1C(=O)O. The van der Waals surface area contributed by atoms with E-state index in [9.17, 15) is 24.6 Å². The molecule has 152 valence electrons. The lowest BCUT2D eigenvalue weighted by Crippen LogP contribution is -2.48. The number of ether oxygens (including phenoxy) is 1. The second-order valence-corrected chi connectivity index (χ2v) is 8.23. The molecule has 7 heteroatoms. The highest BCUT2D eigenvalue weighted by Gasteiger charge is 2.51. The Morgan fingerprint density at radius 1 is 1.21 bits per heavy atom. The Bertz CT molecular complexity index is 747. The van der Waals surface area contributed by atoms with E-state index in [1.54, 1.807) is 13.8 Å². The molecule has 1 aromatic rings. The molecular weight excluding hydrogens is 362 g/mol. The van der Waals surface area contributed by atoms with Crippen molar-refractivity contribution in [2.45, 2.75) is 63.8 Å². The number of Topliss-reactive ketones (excluding diaryl/α,β-unsaturated/α-hetero) is 1. The van der Waals surface area contributed by atoms with Crippen LogP contribution in [-0.2, 0) is 20.7 Å². The molecule has 4 unspecified atom stereocenters. The van der Waals surface area contributed by atoms with Crippen molar-refractivity contribution in [2.24, 2.45) is 11.8 Å². The molecule has 28 heavy (non-hydrogen) atoms. The van der Waals surface area contributed by atoms with E-state index in [-0.39, 0.29) is 18.1 Å². The molecule has 0 spiro atoms. The van der Waals surface area contributed by atoms with E-state index >= 15 is 0 Å². The Morgan fingerprint density at radius 3 is 2.50 bits per heavy atom. The Morgan fingerprint density at radius 2 is 1.89 bits per heavy atom. The Balaban J connectivity index is 1.87. The van der Waals surface area contributed by atoms with Crippen LogP contribution in [0.3, 0.4) is 0 Å². The summed E-state index contributed by atoms with van der Waals surface area (Å²) in [4.78, 5) is 36.9. The van der Waals surface area contributed by atoms with Gasteiger partial charge in [-0.2, -0.15) is 0 Å². The normalized spacial score (nSPS) is 29.6. The number of aliphatic carboxylic acids is 1. The first-order chi connectivity index (χ1) is 13.2. The van der Waals surface area contributed by atoms with Gasteiger partial charge in [-0.1, -0.05) is 30.3 Å². The van der Waals surface area contributed by atoms with Crippen LogP contribution in [0.15, 0.2) is 30.3 Å². The van der Waals surface area contributed by atoms with Gasteiger partial charge in [-0.05, 0) is 44.6 Å². The summed E-state index contributed by atoms with van der Waals surface area (Å²) in [6, 6.07) is 9.13. The fraction of sp³-hybridized carbons (Fsp3) is 0.571. The van der Waals surface area contributed by atoms with E-state index in [1.807, 2.05) is 30.3 Å². The van der Waals surface area contributed by atoms with Crippen molar-refractivity contribution in [3.63, 3.8) is 0 Å². The number of carbonyl (C=O) groups is 3. The lowest BCUT2D eigenvalue weighted by molar-refractivity contribution is -0.147. The maximum absolute atomic E-state index is 12.0. The lowest BCUT2D eigenvalue weighted by atomic mass is 9.75. The van der Waals surface area contributed by atoms with Crippen LogP contribution in [0.1, 0.15) is 45.1 Å². The van der Waals surface area contributed by atoms with Crippen LogP contribution in [0, 0.1) is 11.8 Å². The zero-order valence-corrected chi connectivity index (χ0v) is 16.2. The Hall–Kier alpha value is -2.41. The molecule has 1 heterocycles. The highest BCUT2D eigenvalue weighted by Crippen LogP contribution is 2.40. The maximum Gasteiger partial charge on any atom is 0.409 e. The summed E-state index contributed by atoms with van der Waals surface area (Å²) in [6.45, 7) is 3.42. The number of hydrogen-bond donors (Lipinski definition) is 2. The predicted octanol–water partition coefficient (Wildman–Crippen LogP) is 3.17. The molecule has 2 aliphatic rings. The average molecular weight is 389 g/mol. The number of nitrogens with zero attached hydrogens (tertiary/aromatic N) is 1. The van der Waals surface area contributed by atoms with Gasteiger partial charge in [-0.25, -0.2) is 4.79 Å². The number of benzene rings is 1. The summed E-state index contributed by atoms with van der Waals surface area (Å²) < 4.78 is 6.11. The quantitative estimate of drug-likeness (QED) is 0.802. The molecule has 2 N–H and O–H groups in total. The predicted molar refractivity (Wildman–Crippen MR) is 101 cm³/mol. The number of hydrogen-bond acceptors (Lipinski definition) is 4. The van der Waals surface area contributed by atoms with Gasteiger partial charge in [0.25, 0.3) is 0 Å². The standard InChI is InChI=1S/C21H27NO6/c1-21(2)22(20(26)27)17(10-13-6-4-3-5-7-13)18(28-21)12-14-11-15(23)8-9-16(14)19(24)25/h3-7,14,16-18H,8-12H2,1-2H3,(H,24,25)(H,26,27). The van der Waals surface area contributed by atoms with Crippen LogP contribution in [0.25, 0.3) is 0 Å². The fourth-order valence-electron chi connectivity index (χ4n) is 4.69. The molecule has 1 aromatic carbocycles. The second-order valence-electron chi connectivity index (χ2n) is 8.23. The van der Waals surface area contributed by atoms with Crippen LogP contribution in [0.2, 0.25) is 0 Å². The third-order valence-corrected chi connectivity index (χ3v) is 5.92. The van der Waals surface area contributed by atoms with Gasteiger partial charge in [0.1, 0.15) is 11.5 Å². The summed E-state index contributed by atoms with van der Waals surface area (Å²) in [5, 5.41) is 19.4. The van der Waals surface area contributed by atoms with Gasteiger partial charge in [0.2, 0.25) is 0 Å². The van der Waals surface area contributed by atoms with Crippen LogP contribution in [0.5, 0.6) is 0 Å². The third-order valence-electron chi connectivity index (χ3n) is 5.92. The first-order valence-electron chi connectivity index (χ1n) is 9.67. The summed E-state index contributed by atoms with van der Waals surface area (Å²) >= 11 is 0. The molecule has 2 fully saturated rings. The van der Waals surface area contributed by atoms with E-state index in [0.29, 0.717) is 25.7 Å². The van der Waals surface area contributed by atoms with Crippen LogP contribution in [-0.4, -0.2) is 50.8 Å². The fourth-order valence-corrected chi connectivity index (χ4v) is 4.69. The van der Waals surface area contributed by atoms with Crippen LogP contribution in [0.4, 0.5) is 4.79 Å². The minimum absolute atomic E-state index is 0.0643. The highest BCUT2D eigenvalue weighted by atomic mass is 16.6. The van der Waals surface area contributed by atoms with Crippen LogP contribution < -0.4 is 0 Å². The van der Waals surface area contributed by atoms with Crippen molar-refractivity contribution in [1.29, 1.82) is 0 Å². The Labute approximate surface area is 164 Å². The van der Waals surface area contributed by atoms with Crippen LogP contribution >= 0.6 is 0 Å². The molecule has 0 radical (unpaired) electrons. The minimum Gasteiger partial charge on any atom is -0.481 e. The van der Waals surface area contributed by atoms with Gasteiger partial charge in [-0.3, -0.25) is 14.5 Å². The van der Waals surface area contributed by atoms with Gasteiger partial charge in [-0.15, -0.1) is 0 Å². The average Bonchev–Trinajstić information content (AvgIpc) is 2.85. The number of carboxylic acids is 1. The molecule has 4 atom stereocenters. The summed E-state index contributed by atoms with van der Waals surface area (Å²) in [5.74, 6) is -1.77. The molecule has 1 saturated carbocycles. The highest BCUT2D eigenvalue weighted by molar-refractivity contribution is 5.82. The van der Waals surface area contributed by atoms with Crippen molar-refractivity contribution in [3.05, 3.63) is 35.9 Å². The molecule has 1 amide bonds. The molecule has 3 rings (SSSR count). The third kappa shape index (κ3) is 4.19. The number of rotatable bonds is 5. The lowest BCUT2D eigenvalue weighted by Gasteiger charge is -2.32. The van der Waals surface area contributed by atoms with Crippen molar-refractivity contribution >= 4 is 17.8 Å². The first-order valence-corrected chi connectivity index (χ1v) is 9.67. The molecule has 0 aromatic heterocycles. The van der Waals surface area contributed by atoms with Gasteiger partial charge >= 0.3 is 12.1 Å². The first kappa shape index (κ1) is 20.3. The molecule has 1 aliphatic heterocycles. The molecule has 1 aliphatic carbocycles. The zero-order valence-electron chi connectivity index (χ0n) is 16.2. The second kappa shape index (κ2) is 7.91. The van der Waals surface area contributed by atoms with Crippen molar-refractivity contribution in [2.75, 3.05) is 0 Å².